The summed E-state index contributed by atoms with van der Waals surface area (Å²) in [6, 6.07) is 12.7. The highest BCUT2D eigenvalue weighted by Gasteiger charge is 2.41. The van der Waals surface area contributed by atoms with E-state index in [4.69, 9.17) is 27.9 Å². The number of esters is 1. The number of ether oxygens (including phenoxy) is 1. The van der Waals surface area contributed by atoms with Gasteiger partial charge in [0.25, 0.3) is 11.8 Å². The van der Waals surface area contributed by atoms with Crippen LogP contribution in [0.5, 0.6) is 0 Å². The number of carbonyl (C=O) groups excluding carboxylic acids is 4. The van der Waals surface area contributed by atoms with Crippen LogP contribution in [0.4, 0.5) is 5.00 Å². The highest BCUT2D eigenvalue weighted by molar-refractivity contribution is 7.18. The standard InChI is InChI=1S/C27H24Cl2N2O5S/c1-4-36-26(35)22-17-13-27(2,3)14-20(32)21(17)25(37-22)31(24(34)16-10-6-8-12-19(16)29)30-23(33)15-9-5-7-11-18(15)28/h5-12H,4,13-14H2,1-3H3,(H,30,33). The maximum atomic E-state index is 13.8. The molecule has 2 amide bonds. The minimum absolute atomic E-state index is 0.104. The summed E-state index contributed by atoms with van der Waals surface area (Å²) in [5.41, 5.74) is 3.15. The van der Waals surface area contributed by atoms with Gasteiger partial charge in [-0.25, -0.2) is 9.80 Å². The molecule has 0 radical (unpaired) electrons. The number of hydrogen-bond donors (Lipinski definition) is 1. The number of halogens is 2. The Hall–Kier alpha value is -3.20. The summed E-state index contributed by atoms with van der Waals surface area (Å²) in [6.45, 7) is 5.70. The first kappa shape index (κ1) is 26.9. The average molecular weight is 559 g/mol. The van der Waals surface area contributed by atoms with Gasteiger partial charge >= 0.3 is 5.97 Å². The van der Waals surface area contributed by atoms with Crippen LogP contribution in [0.25, 0.3) is 0 Å². The van der Waals surface area contributed by atoms with E-state index in [1.807, 2.05) is 13.8 Å². The average Bonchev–Trinajstić information content (AvgIpc) is 3.21. The molecule has 0 saturated heterocycles. The third kappa shape index (κ3) is 5.42. The fourth-order valence-corrected chi connectivity index (χ4v) is 5.88. The topological polar surface area (TPSA) is 92.8 Å². The molecular formula is C27H24Cl2N2O5S. The lowest BCUT2D eigenvalue weighted by Crippen LogP contribution is -2.47. The van der Waals surface area contributed by atoms with Gasteiger partial charge in [-0.3, -0.25) is 19.8 Å². The summed E-state index contributed by atoms with van der Waals surface area (Å²) >= 11 is 13.5. The van der Waals surface area contributed by atoms with Gasteiger partial charge in [-0.15, -0.1) is 11.3 Å². The molecule has 0 atom stereocenters. The van der Waals surface area contributed by atoms with Crippen LogP contribution in [0.3, 0.4) is 0 Å². The Kier molecular flexibility index (Phi) is 7.73. The van der Waals surface area contributed by atoms with E-state index in [1.165, 1.54) is 12.1 Å². The number of ketones is 1. The Balaban J connectivity index is 1.90. The number of hydrazine groups is 1. The lowest BCUT2D eigenvalue weighted by atomic mass is 9.74. The van der Waals surface area contributed by atoms with Crippen molar-refractivity contribution in [3.63, 3.8) is 0 Å². The number of rotatable bonds is 5. The number of hydrogen-bond acceptors (Lipinski definition) is 6. The minimum Gasteiger partial charge on any atom is -0.462 e. The molecule has 1 N–H and O–H groups in total. The van der Waals surface area contributed by atoms with Crippen LogP contribution in [0.2, 0.25) is 10.0 Å². The molecule has 2 aromatic carbocycles. The van der Waals surface area contributed by atoms with Crippen molar-refractivity contribution in [1.29, 1.82) is 0 Å². The Morgan fingerprint density at radius 1 is 1.00 bits per heavy atom. The van der Waals surface area contributed by atoms with Gasteiger partial charge in [0.2, 0.25) is 0 Å². The van der Waals surface area contributed by atoms with Gasteiger partial charge in [-0.05, 0) is 48.6 Å². The molecule has 192 valence electrons. The molecule has 4 rings (SSSR count). The van der Waals surface area contributed by atoms with Gasteiger partial charge in [-0.1, -0.05) is 61.3 Å². The minimum atomic E-state index is -0.678. The van der Waals surface area contributed by atoms with E-state index in [1.54, 1.807) is 43.3 Å². The predicted molar refractivity (Wildman–Crippen MR) is 144 cm³/mol. The normalized spacial score (nSPS) is 14.0. The quantitative estimate of drug-likeness (QED) is 0.289. The third-order valence-electron chi connectivity index (χ3n) is 5.86. The second-order valence-electron chi connectivity index (χ2n) is 9.29. The van der Waals surface area contributed by atoms with E-state index < -0.39 is 23.2 Å². The highest BCUT2D eigenvalue weighted by atomic mass is 35.5. The van der Waals surface area contributed by atoms with Crippen molar-refractivity contribution >= 4 is 63.1 Å². The summed E-state index contributed by atoms with van der Waals surface area (Å²) in [7, 11) is 0. The van der Waals surface area contributed by atoms with E-state index in [9.17, 15) is 19.2 Å². The number of nitrogens with one attached hydrogen (secondary N) is 1. The summed E-state index contributed by atoms with van der Waals surface area (Å²) < 4.78 is 5.25. The fraction of sp³-hybridized carbons (Fsp3) is 0.259. The van der Waals surface area contributed by atoms with E-state index in [0.717, 1.165) is 16.3 Å². The van der Waals surface area contributed by atoms with Gasteiger partial charge in [0.1, 0.15) is 9.88 Å². The van der Waals surface area contributed by atoms with Gasteiger partial charge in [0.15, 0.2) is 5.78 Å². The Labute approximate surface area is 228 Å². The van der Waals surface area contributed by atoms with E-state index in [2.05, 4.69) is 5.43 Å². The van der Waals surface area contributed by atoms with Crippen LogP contribution in [-0.4, -0.2) is 30.2 Å². The molecule has 1 heterocycles. The summed E-state index contributed by atoms with van der Waals surface area (Å²) in [5, 5.41) is 1.44. The number of amides is 2. The number of benzene rings is 2. The molecule has 10 heteroatoms. The highest BCUT2D eigenvalue weighted by Crippen LogP contribution is 2.46. The molecule has 0 bridgehead atoms. The zero-order valence-corrected chi connectivity index (χ0v) is 22.7. The monoisotopic (exact) mass is 558 g/mol. The number of anilines is 1. The SMILES string of the molecule is CCOC(=O)c1sc(N(NC(=O)c2ccccc2Cl)C(=O)c2ccccc2Cl)c2c1CC(C)(C)CC2=O. The molecule has 0 unspecified atom stereocenters. The lowest BCUT2D eigenvalue weighted by Gasteiger charge is -2.30. The Morgan fingerprint density at radius 3 is 2.19 bits per heavy atom. The zero-order valence-electron chi connectivity index (χ0n) is 20.4. The van der Waals surface area contributed by atoms with E-state index >= 15 is 0 Å². The van der Waals surface area contributed by atoms with Gasteiger partial charge < -0.3 is 4.74 Å². The van der Waals surface area contributed by atoms with Crippen molar-refractivity contribution in [3.05, 3.63) is 85.7 Å². The number of fused-ring (bicyclic) bond motifs is 1. The first-order valence-corrected chi connectivity index (χ1v) is 13.1. The smallest absolute Gasteiger partial charge is 0.348 e. The van der Waals surface area contributed by atoms with Crippen LogP contribution in [0, 0.1) is 5.41 Å². The first-order chi connectivity index (χ1) is 17.5. The molecule has 37 heavy (non-hydrogen) atoms. The van der Waals surface area contributed by atoms with Crippen LogP contribution >= 0.6 is 34.5 Å². The van der Waals surface area contributed by atoms with Gasteiger partial charge in [-0.2, -0.15) is 0 Å². The third-order valence-corrected chi connectivity index (χ3v) is 7.72. The van der Waals surface area contributed by atoms with E-state index in [-0.39, 0.29) is 55.4 Å². The second-order valence-corrected chi connectivity index (χ2v) is 11.1. The van der Waals surface area contributed by atoms with Crippen molar-refractivity contribution in [3.8, 4) is 0 Å². The largest absolute Gasteiger partial charge is 0.462 e. The van der Waals surface area contributed by atoms with Crippen molar-refractivity contribution in [2.45, 2.75) is 33.6 Å². The van der Waals surface area contributed by atoms with Gasteiger partial charge in [0, 0.05) is 6.42 Å². The summed E-state index contributed by atoms with van der Waals surface area (Å²) in [5.74, 6) is -2.18. The molecule has 0 fully saturated rings. The van der Waals surface area contributed by atoms with Crippen molar-refractivity contribution in [2.24, 2.45) is 5.41 Å². The molecule has 0 aliphatic heterocycles. The molecule has 1 aliphatic carbocycles. The predicted octanol–water partition coefficient (Wildman–Crippen LogP) is 6.38. The van der Waals surface area contributed by atoms with Crippen LogP contribution < -0.4 is 10.4 Å². The molecule has 1 aliphatic rings. The molecular weight excluding hydrogens is 535 g/mol. The van der Waals surface area contributed by atoms with Crippen LogP contribution in [0.15, 0.2) is 48.5 Å². The molecule has 0 spiro atoms. The number of carbonyl (C=O) groups is 4. The number of nitrogens with zero attached hydrogens (tertiary/aromatic N) is 1. The zero-order chi connectivity index (χ0) is 26.9. The molecule has 1 aromatic heterocycles. The lowest BCUT2D eigenvalue weighted by molar-refractivity contribution is 0.0530. The Morgan fingerprint density at radius 2 is 1.59 bits per heavy atom. The van der Waals surface area contributed by atoms with Crippen molar-refractivity contribution in [1.82, 2.24) is 5.43 Å². The first-order valence-electron chi connectivity index (χ1n) is 11.5. The van der Waals surface area contributed by atoms with Gasteiger partial charge in [0.05, 0.1) is 33.3 Å². The summed E-state index contributed by atoms with van der Waals surface area (Å²) in [4.78, 5) is 53.6. The maximum Gasteiger partial charge on any atom is 0.348 e. The number of Topliss-reactive ketones (excluding diaryl/α,β-unsaturated/α-hetero) is 1. The molecule has 3 aromatic rings. The van der Waals surface area contributed by atoms with Crippen LogP contribution in [-0.2, 0) is 11.2 Å². The molecule has 7 nitrogen and oxygen atoms in total. The van der Waals surface area contributed by atoms with Crippen molar-refractivity contribution < 1.29 is 23.9 Å². The summed E-state index contributed by atoms with van der Waals surface area (Å²) in [6.07, 6.45) is 0.629. The van der Waals surface area contributed by atoms with Crippen LogP contribution in [0.1, 0.15) is 73.5 Å². The fourth-order valence-electron chi connectivity index (χ4n) is 4.25. The molecule has 0 saturated carbocycles. The number of thiophene rings is 1. The maximum absolute atomic E-state index is 13.8. The van der Waals surface area contributed by atoms with Crippen molar-refractivity contribution in [2.75, 3.05) is 11.6 Å². The second kappa shape index (κ2) is 10.7. The Bertz CT molecular complexity index is 1420. The van der Waals surface area contributed by atoms with E-state index in [0.29, 0.717) is 12.0 Å².